The number of anilines is 2. The summed E-state index contributed by atoms with van der Waals surface area (Å²) in [7, 11) is -12.5. The number of phosphoric acid groups is 2. The molecule has 2 aliphatic heterocycles. The van der Waals surface area contributed by atoms with E-state index in [2.05, 4.69) is 33.5 Å². The minimum Gasteiger partial charge on any atom is -0.387 e. The smallest absolute Gasteiger partial charge is 0.387 e. The molecule has 11 N–H and O–H groups in total. The number of aromatic nitrogens is 8. The van der Waals surface area contributed by atoms with Crippen LogP contribution >= 0.6 is 23.1 Å². The Bertz CT molecular complexity index is 2300. The zero-order valence-corrected chi connectivity index (χ0v) is 30.2. The fourth-order valence-corrected chi connectivity index (χ4v) is 10.2. The maximum atomic E-state index is 12.9. The van der Waals surface area contributed by atoms with Gasteiger partial charge in [0.1, 0.15) is 30.5 Å². The van der Waals surface area contributed by atoms with E-state index in [1.807, 2.05) is 0 Å². The number of rotatable bonds is 13. The molecule has 0 saturated carbocycles. The summed E-state index contributed by atoms with van der Waals surface area (Å²) in [5.74, 6) is -0.491. The zero-order chi connectivity index (χ0) is 38.8. The average Bonchev–Trinajstić information content (AvgIpc) is 3.77. The molecule has 0 aromatic carbocycles. The van der Waals surface area contributed by atoms with Gasteiger partial charge in [0.2, 0.25) is 24.5 Å². The SMILES string of the molecule is BP(=O)(OP(=O)(O)OC[C@H]1O[C@@H](n2cnc3c(=O)[nH]c(N)nc32)[C@H](O)[C@@H]1O)OP(=O)(O)OC[C@H]1O[C@@H](n2c[n+](C)c3c(=O)[nH]c(N)nc32)[C@H](OC)[C@@H]1O. The van der Waals surface area contributed by atoms with Crippen molar-refractivity contribution in [2.24, 2.45) is 7.05 Å². The van der Waals surface area contributed by atoms with Crippen LogP contribution in [0.1, 0.15) is 12.5 Å². The van der Waals surface area contributed by atoms with Crippen LogP contribution in [0, 0.1) is 0 Å². The number of methoxy groups -OCH3 is 1. The van der Waals surface area contributed by atoms with E-state index in [9.17, 15) is 48.4 Å². The molecule has 0 amide bonds. The van der Waals surface area contributed by atoms with Crippen molar-refractivity contribution >= 4 is 64.9 Å². The predicted octanol–water partition coefficient (Wildman–Crippen LogP) is -4.25. The molecule has 6 rings (SSSR count). The molecule has 2 saturated heterocycles. The Hall–Kier alpha value is -3.43. The van der Waals surface area contributed by atoms with Crippen LogP contribution in [0.15, 0.2) is 22.2 Å². The third-order valence-electron chi connectivity index (χ3n) is 8.02. The number of imidazole rings is 2. The normalized spacial score (nSPS) is 29.7. The highest BCUT2D eigenvalue weighted by Gasteiger charge is 2.51. The number of ether oxygens (including phenoxy) is 3. The van der Waals surface area contributed by atoms with Crippen molar-refractivity contribution in [2.45, 2.75) is 49.1 Å². The Labute approximate surface area is 295 Å². The molecule has 0 aliphatic carbocycles. The zero-order valence-electron chi connectivity index (χ0n) is 27.5. The van der Waals surface area contributed by atoms with Gasteiger partial charge in [0.25, 0.3) is 31.8 Å². The molecule has 0 radical (unpaired) electrons. The van der Waals surface area contributed by atoms with Crippen molar-refractivity contribution in [3.63, 3.8) is 0 Å². The molecule has 4 aromatic heterocycles. The maximum absolute atomic E-state index is 12.9. The van der Waals surface area contributed by atoms with Crippen molar-refractivity contribution in [2.75, 3.05) is 31.8 Å². The number of hydrogen-bond donors (Lipinski definition) is 9. The molecule has 6 heterocycles. The third-order valence-corrected chi connectivity index (χ3v) is 13.0. The number of phosphoric ester groups is 2. The first-order valence-corrected chi connectivity index (χ1v) is 20.0. The quantitative estimate of drug-likeness (QED) is 0.0350. The van der Waals surface area contributed by atoms with Crippen molar-refractivity contribution in [3.05, 3.63) is 33.4 Å². The first kappa shape index (κ1) is 39.3. The highest BCUT2D eigenvalue weighted by Crippen LogP contribution is 2.67. The Morgan fingerprint density at radius 3 is 2.04 bits per heavy atom. The fourth-order valence-electron chi connectivity index (χ4n) is 5.79. The van der Waals surface area contributed by atoms with Crippen LogP contribution in [0.5, 0.6) is 0 Å². The summed E-state index contributed by atoms with van der Waals surface area (Å²) in [4.78, 5) is 61.5. The van der Waals surface area contributed by atoms with Gasteiger partial charge in [-0.05, 0) is 0 Å². The van der Waals surface area contributed by atoms with Gasteiger partial charge in [-0.3, -0.25) is 37.7 Å². The molecular formula is C22H33BN10O17P3+. The monoisotopic (exact) mass is 813 g/mol. The average molecular weight is 813 g/mol. The molecular weight excluding hydrogens is 780 g/mol. The largest absolute Gasteiger partial charge is 0.478 e. The van der Waals surface area contributed by atoms with Crippen LogP contribution in [-0.2, 0) is 52.6 Å². The number of aliphatic hydroxyl groups is 3. The number of nitrogens with two attached hydrogens (primary N) is 2. The Balaban J connectivity index is 1.06. The molecule has 290 valence electrons. The lowest BCUT2D eigenvalue weighted by atomic mass is 10.1. The van der Waals surface area contributed by atoms with Crippen LogP contribution in [0.4, 0.5) is 11.9 Å². The topological polar surface area (TPSA) is 387 Å². The molecule has 3 unspecified atom stereocenters. The number of nitrogens with zero attached hydrogens (tertiary/aromatic N) is 6. The lowest BCUT2D eigenvalue weighted by Crippen LogP contribution is -2.35. The second-order valence-electron chi connectivity index (χ2n) is 11.8. The van der Waals surface area contributed by atoms with Crippen molar-refractivity contribution in [3.8, 4) is 0 Å². The first-order chi connectivity index (χ1) is 24.7. The number of hydrogen-bond acceptors (Lipinski definition) is 20. The third kappa shape index (κ3) is 7.89. The minimum atomic E-state index is -5.43. The van der Waals surface area contributed by atoms with Gasteiger partial charge in [-0.15, -0.1) is 0 Å². The van der Waals surface area contributed by atoms with Gasteiger partial charge in [0.15, 0.2) is 23.5 Å². The van der Waals surface area contributed by atoms with Gasteiger partial charge < -0.3 is 50.8 Å². The molecule has 31 heteroatoms. The summed E-state index contributed by atoms with van der Waals surface area (Å²) in [6.45, 7) is -1.86. The van der Waals surface area contributed by atoms with Gasteiger partial charge in [-0.2, -0.15) is 14.5 Å². The second kappa shape index (κ2) is 14.3. The van der Waals surface area contributed by atoms with Gasteiger partial charge in [-0.25, -0.2) is 27.3 Å². The van der Waals surface area contributed by atoms with Crippen molar-refractivity contribution in [1.29, 1.82) is 0 Å². The summed E-state index contributed by atoms with van der Waals surface area (Å²) in [5, 5.41) is 31.9. The summed E-state index contributed by atoms with van der Waals surface area (Å²) in [6, 6.07) is 0. The molecule has 53 heavy (non-hydrogen) atoms. The number of aryl methyl sites for hydroxylation is 1. The van der Waals surface area contributed by atoms with Crippen LogP contribution in [0.25, 0.3) is 22.3 Å². The Morgan fingerprint density at radius 1 is 0.887 bits per heavy atom. The fraction of sp³-hybridized carbons (Fsp3) is 0.545. The standard InChI is InChI=1S/C22H32BN10O17P3/c1-31-6-33(16-10(31)18(38)30-22(25)28-16)20-14(44-2)12(35)8(48-20)4-46-53(42,43)50-51(23,39)49-52(40,41)45-3-7-11(34)13(36)19(47-7)32-5-26-9-15(32)27-21(24)29-17(9)37/h5-8,11-14,19-20,34-36H,3-4,23H2,1-2H3,(H7-,24,25,27,28,29,30,37,38,40,41,42,43)/p+1/t7-,8-,11-,12-,13-,14-,19-,20-,51?/m1/s1. The van der Waals surface area contributed by atoms with E-state index in [0.29, 0.717) is 7.57 Å². The summed E-state index contributed by atoms with van der Waals surface area (Å²) in [5.41, 5.74) is 9.88. The second-order valence-corrected chi connectivity index (χ2v) is 17.0. The van der Waals surface area contributed by atoms with E-state index in [1.54, 1.807) is 0 Å². The lowest BCUT2D eigenvalue weighted by molar-refractivity contribution is -0.646. The molecule has 0 bridgehead atoms. The molecule has 27 nitrogen and oxygen atoms in total. The Kier molecular flexibility index (Phi) is 10.6. The van der Waals surface area contributed by atoms with Crippen LogP contribution in [-0.4, -0.2) is 124 Å². The van der Waals surface area contributed by atoms with E-state index >= 15 is 0 Å². The highest BCUT2D eigenvalue weighted by molar-refractivity contribution is 7.86. The molecule has 2 fully saturated rings. The lowest BCUT2D eigenvalue weighted by Gasteiger charge is -2.22. The number of aliphatic hydroxyl groups excluding tert-OH is 3. The first-order valence-electron chi connectivity index (χ1n) is 15.0. The number of nitrogens with one attached hydrogen (secondary N) is 2. The van der Waals surface area contributed by atoms with E-state index in [0.717, 1.165) is 10.9 Å². The minimum absolute atomic E-state index is 0.0583. The summed E-state index contributed by atoms with van der Waals surface area (Å²) < 4.78 is 77.6. The van der Waals surface area contributed by atoms with Gasteiger partial charge in [0.05, 0.1) is 26.6 Å². The molecule has 4 aromatic rings. The predicted molar refractivity (Wildman–Crippen MR) is 175 cm³/mol. The highest BCUT2D eigenvalue weighted by atomic mass is 31.3. The molecule has 11 atom stereocenters. The van der Waals surface area contributed by atoms with Crippen molar-refractivity contribution < 1.29 is 75.2 Å². The van der Waals surface area contributed by atoms with Gasteiger partial charge in [0, 0.05) is 7.11 Å². The molecule has 0 spiro atoms. The van der Waals surface area contributed by atoms with Crippen molar-refractivity contribution in [1.82, 2.24) is 34.1 Å². The van der Waals surface area contributed by atoms with Gasteiger partial charge in [-0.1, -0.05) is 0 Å². The van der Waals surface area contributed by atoms with E-state index < -0.39 is 96.5 Å². The Morgan fingerprint density at radius 2 is 1.43 bits per heavy atom. The maximum Gasteiger partial charge on any atom is 0.478 e. The molecule has 2 aliphatic rings. The van der Waals surface area contributed by atoms with E-state index in [4.69, 9.17) is 34.7 Å². The number of H-pyrrole nitrogens is 2. The summed E-state index contributed by atoms with van der Waals surface area (Å²) in [6.07, 6.45) is -9.16. The summed E-state index contributed by atoms with van der Waals surface area (Å²) >= 11 is 0. The van der Waals surface area contributed by atoms with E-state index in [-0.39, 0.29) is 34.2 Å². The van der Waals surface area contributed by atoms with Crippen LogP contribution in [0.3, 0.4) is 0 Å². The number of nitrogen functional groups attached to an aromatic ring is 2. The van der Waals surface area contributed by atoms with Gasteiger partial charge >= 0.3 is 21.2 Å². The number of aromatic amines is 2. The van der Waals surface area contributed by atoms with Crippen LogP contribution in [0.2, 0.25) is 0 Å². The number of fused-ring (bicyclic) bond motifs is 2. The van der Waals surface area contributed by atoms with Crippen LogP contribution < -0.4 is 27.2 Å². The van der Waals surface area contributed by atoms with E-state index in [1.165, 1.54) is 29.6 Å².